The standard InChI is InChI=1S/C23H29FN2O6S/c1-22(2,3)32-21(27)26-23(13-17(23)10-7-11-33(28,29)30)19-12-18(24)14-25-20(19)31-15-16-8-5-4-6-9-16/h4-6,8-9,12,14,17H,7,10-11,13,15H2,1-3H3,(H,26,27)(H,28,29,30). The van der Waals surface area contributed by atoms with Gasteiger partial charge in [0.15, 0.2) is 0 Å². The van der Waals surface area contributed by atoms with Gasteiger partial charge in [-0.1, -0.05) is 30.3 Å². The second kappa shape index (κ2) is 9.64. The van der Waals surface area contributed by atoms with Crippen LogP contribution in [0.2, 0.25) is 0 Å². The molecule has 0 aliphatic heterocycles. The van der Waals surface area contributed by atoms with Crippen molar-refractivity contribution in [3.63, 3.8) is 0 Å². The summed E-state index contributed by atoms with van der Waals surface area (Å²) in [6.45, 7) is 5.39. The number of pyridine rings is 1. The van der Waals surface area contributed by atoms with Gasteiger partial charge in [0, 0.05) is 5.56 Å². The molecule has 1 saturated carbocycles. The lowest BCUT2D eigenvalue weighted by Crippen LogP contribution is -2.41. The molecule has 2 unspecified atom stereocenters. The summed E-state index contributed by atoms with van der Waals surface area (Å²) in [4.78, 5) is 16.7. The van der Waals surface area contributed by atoms with Crippen molar-refractivity contribution >= 4 is 16.2 Å². The first-order valence-corrected chi connectivity index (χ1v) is 12.3. The van der Waals surface area contributed by atoms with E-state index in [2.05, 4.69) is 10.3 Å². The topological polar surface area (TPSA) is 115 Å². The van der Waals surface area contributed by atoms with Gasteiger partial charge >= 0.3 is 6.09 Å². The Labute approximate surface area is 193 Å². The molecule has 10 heteroatoms. The molecule has 1 fully saturated rings. The molecule has 8 nitrogen and oxygen atoms in total. The molecule has 1 aromatic carbocycles. The summed E-state index contributed by atoms with van der Waals surface area (Å²) in [5.74, 6) is -1.03. The van der Waals surface area contributed by atoms with E-state index in [1.165, 1.54) is 6.07 Å². The molecule has 0 bridgehead atoms. The van der Waals surface area contributed by atoms with E-state index < -0.39 is 38.9 Å². The van der Waals surface area contributed by atoms with E-state index in [1.54, 1.807) is 20.8 Å². The number of carbonyl (C=O) groups is 1. The van der Waals surface area contributed by atoms with Crippen molar-refractivity contribution in [3.8, 4) is 5.88 Å². The van der Waals surface area contributed by atoms with Gasteiger partial charge in [0.1, 0.15) is 18.0 Å². The fraction of sp³-hybridized carbons (Fsp3) is 0.478. The minimum atomic E-state index is -4.10. The highest BCUT2D eigenvalue weighted by atomic mass is 32.2. The van der Waals surface area contributed by atoms with Crippen molar-refractivity contribution in [2.45, 2.75) is 57.8 Å². The predicted molar refractivity (Wildman–Crippen MR) is 120 cm³/mol. The molecule has 2 N–H and O–H groups in total. The minimum Gasteiger partial charge on any atom is -0.473 e. The zero-order valence-corrected chi connectivity index (χ0v) is 19.7. The number of amides is 1. The Hall–Kier alpha value is -2.72. The third-order valence-corrected chi connectivity index (χ3v) is 6.11. The van der Waals surface area contributed by atoms with Crippen LogP contribution in [0, 0.1) is 11.7 Å². The number of ether oxygens (including phenoxy) is 2. The fourth-order valence-corrected chi connectivity index (χ4v) is 4.35. The number of hydrogen-bond acceptors (Lipinski definition) is 6. The lowest BCUT2D eigenvalue weighted by Gasteiger charge is -2.26. The first kappa shape index (κ1) is 24.9. The molecule has 0 saturated heterocycles. The van der Waals surface area contributed by atoms with Crippen molar-refractivity contribution in [2.24, 2.45) is 5.92 Å². The molecule has 1 aromatic heterocycles. The number of halogens is 1. The van der Waals surface area contributed by atoms with E-state index in [1.807, 2.05) is 30.3 Å². The molecular formula is C23H29FN2O6S. The van der Waals surface area contributed by atoms with Gasteiger partial charge in [-0.05, 0) is 57.6 Å². The minimum absolute atomic E-state index is 0.175. The number of alkyl carbamates (subject to hydrolysis) is 1. The fourth-order valence-electron chi connectivity index (χ4n) is 3.81. The second-order valence-electron chi connectivity index (χ2n) is 9.21. The van der Waals surface area contributed by atoms with Crippen molar-refractivity contribution in [3.05, 3.63) is 59.5 Å². The first-order chi connectivity index (χ1) is 15.4. The highest BCUT2D eigenvalue weighted by Crippen LogP contribution is 2.56. The van der Waals surface area contributed by atoms with Crippen LogP contribution in [0.3, 0.4) is 0 Å². The maximum Gasteiger partial charge on any atom is 0.408 e. The lowest BCUT2D eigenvalue weighted by atomic mass is 10.0. The van der Waals surface area contributed by atoms with Crippen LogP contribution in [-0.4, -0.2) is 35.4 Å². The van der Waals surface area contributed by atoms with Crippen LogP contribution in [0.5, 0.6) is 5.88 Å². The van der Waals surface area contributed by atoms with E-state index in [9.17, 15) is 17.6 Å². The third kappa shape index (κ3) is 7.13. The quantitative estimate of drug-likeness (QED) is 0.517. The van der Waals surface area contributed by atoms with Crippen molar-refractivity contribution in [1.29, 1.82) is 0 Å². The number of hydrogen-bond donors (Lipinski definition) is 2. The van der Waals surface area contributed by atoms with Crippen LogP contribution in [0.15, 0.2) is 42.6 Å². The number of rotatable bonds is 9. The van der Waals surface area contributed by atoms with Gasteiger partial charge in [-0.2, -0.15) is 8.42 Å². The molecule has 1 heterocycles. The molecule has 1 amide bonds. The van der Waals surface area contributed by atoms with Gasteiger partial charge in [0.25, 0.3) is 10.1 Å². The first-order valence-electron chi connectivity index (χ1n) is 10.7. The second-order valence-corrected chi connectivity index (χ2v) is 10.8. The highest BCUT2D eigenvalue weighted by molar-refractivity contribution is 7.85. The maximum absolute atomic E-state index is 14.2. The number of nitrogens with zero attached hydrogens (tertiary/aromatic N) is 1. The Bertz CT molecular complexity index is 1090. The van der Waals surface area contributed by atoms with Gasteiger partial charge in [-0.3, -0.25) is 4.55 Å². The molecular weight excluding hydrogens is 451 g/mol. The summed E-state index contributed by atoms with van der Waals surface area (Å²) in [5.41, 5.74) is -0.513. The largest absolute Gasteiger partial charge is 0.473 e. The number of carbonyl (C=O) groups excluding carboxylic acids is 1. The summed E-state index contributed by atoms with van der Waals surface area (Å²) >= 11 is 0. The Morgan fingerprint density at radius 3 is 2.64 bits per heavy atom. The Kier molecular flexibility index (Phi) is 7.28. The summed E-state index contributed by atoms with van der Waals surface area (Å²) in [6, 6.07) is 10.7. The van der Waals surface area contributed by atoms with Gasteiger partial charge in [0.05, 0.1) is 17.5 Å². The van der Waals surface area contributed by atoms with Crippen LogP contribution in [-0.2, 0) is 27.0 Å². The summed E-state index contributed by atoms with van der Waals surface area (Å²) in [5, 5.41) is 2.84. The zero-order valence-electron chi connectivity index (χ0n) is 18.9. The van der Waals surface area contributed by atoms with Crippen molar-refractivity contribution < 1.29 is 31.6 Å². The molecule has 1 aliphatic rings. The van der Waals surface area contributed by atoms with Crippen LogP contribution >= 0.6 is 0 Å². The van der Waals surface area contributed by atoms with E-state index in [0.717, 1.165) is 11.8 Å². The van der Waals surface area contributed by atoms with Crippen LogP contribution in [0.4, 0.5) is 9.18 Å². The Balaban J connectivity index is 1.86. The normalized spacial score (nSPS) is 20.2. The lowest BCUT2D eigenvalue weighted by molar-refractivity contribution is 0.0487. The Morgan fingerprint density at radius 2 is 2.00 bits per heavy atom. The average Bonchev–Trinajstić information content (AvgIpc) is 3.38. The molecule has 0 spiro atoms. The Morgan fingerprint density at radius 1 is 1.30 bits per heavy atom. The van der Waals surface area contributed by atoms with Crippen LogP contribution in [0.25, 0.3) is 0 Å². The maximum atomic E-state index is 14.2. The summed E-state index contributed by atoms with van der Waals surface area (Å²) in [6.07, 6.45) is 1.35. The summed E-state index contributed by atoms with van der Waals surface area (Å²) < 4.78 is 56.8. The van der Waals surface area contributed by atoms with Gasteiger partial charge < -0.3 is 14.8 Å². The third-order valence-electron chi connectivity index (χ3n) is 5.30. The van der Waals surface area contributed by atoms with Crippen LogP contribution in [0.1, 0.15) is 51.2 Å². The van der Waals surface area contributed by atoms with E-state index in [0.29, 0.717) is 18.4 Å². The predicted octanol–water partition coefficient (Wildman–Crippen LogP) is 4.21. The molecule has 2 aromatic rings. The molecule has 1 aliphatic carbocycles. The van der Waals surface area contributed by atoms with Crippen molar-refractivity contribution in [2.75, 3.05) is 5.75 Å². The SMILES string of the molecule is CC(C)(C)OC(=O)NC1(c2cc(F)cnc2OCc2ccccc2)CC1CCCS(=O)(=O)O. The molecule has 2 atom stereocenters. The smallest absolute Gasteiger partial charge is 0.408 e. The molecule has 3 rings (SSSR count). The van der Waals surface area contributed by atoms with E-state index in [4.69, 9.17) is 14.0 Å². The number of nitrogens with one attached hydrogen (secondary N) is 1. The molecule has 180 valence electrons. The number of aromatic nitrogens is 1. The van der Waals surface area contributed by atoms with E-state index >= 15 is 0 Å². The van der Waals surface area contributed by atoms with Crippen molar-refractivity contribution in [1.82, 2.24) is 10.3 Å². The highest BCUT2D eigenvalue weighted by Gasteiger charge is 2.58. The van der Waals surface area contributed by atoms with Gasteiger partial charge in [-0.25, -0.2) is 14.2 Å². The summed E-state index contributed by atoms with van der Waals surface area (Å²) in [7, 11) is -4.10. The monoisotopic (exact) mass is 480 g/mol. The molecule has 33 heavy (non-hydrogen) atoms. The number of benzene rings is 1. The molecule has 0 radical (unpaired) electrons. The van der Waals surface area contributed by atoms with Crippen LogP contribution < -0.4 is 10.1 Å². The van der Waals surface area contributed by atoms with Gasteiger partial charge in [0.2, 0.25) is 5.88 Å². The zero-order chi connectivity index (χ0) is 24.3. The van der Waals surface area contributed by atoms with Gasteiger partial charge in [-0.15, -0.1) is 0 Å². The van der Waals surface area contributed by atoms with E-state index in [-0.39, 0.29) is 24.8 Å². The average molecular weight is 481 g/mol.